The van der Waals surface area contributed by atoms with Gasteiger partial charge in [0.05, 0.1) is 18.6 Å². The minimum absolute atomic E-state index is 0.0441. The highest BCUT2D eigenvalue weighted by Crippen LogP contribution is 2.37. The van der Waals surface area contributed by atoms with Crippen LogP contribution in [0.25, 0.3) is 0 Å². The fourth-order valence-electron chi connectivity index (χ4n) is 1.95. The van der Waals surface area contributed by atoms with Crippen molar-refractivity contribution in [1.29, 1.82) is 0 Å². The van der Waals surface area contributed by atoms with Gasteiger partial charge in [0.15, 0.2) is 0 Å². The fraction of sp³-hybridized carbons (Fsp3) is 0.500. The Hall–Kier alpha value is -0.800. The van der Waals surface area contributed by atoms with Gasteiger partial charge in [-0.05, 0) is 31.0 Å². The molecule has 1 heterocycles. The highest BCUT2D eigenvalue weighted by atomic mass is 35.5. The van der Waals surface area contributed by atoms with Crippen molar-refractivity contribution in [3.63, 3.8) is 0 Å². The van der Waals surface area contributed by atoms with Crippen LogP contribution in [0.5, 0.6) is 5.75 Å². The van der Waals surface area contributed by atoms with E-state index in [-0.39, 0.29) is 17.3 Å². The predicted octanol–water partition coefficient (Wildman–Crippen LogP) is 3.29. The number of benzene rings is 1. The van der Waals surface area contributed by atoms with Crippen molar-refractivity contribution in [1.82, 2.24) is 0 Å². The zero-order valence-corrected chi connectivity index (χ0v) is 9.84. The fourth-order valence-corrected chi connectivity index (χ4v) is 2.32. The van der Waals surface area contributed by atoms with Gasteiger partial charge in [-0.2, -0.15) is 0 Å². The first kappa shape index (κ1) is 11.7. The van der Waals surface area contributed by atoms with Crippen molar-refractivity contribution in [2.24, 2.45) is 0 Å². The SMILES string of the molecule is COc1ccc(F)cc1C(Cl)C1CCCO1. The molecular weight excluding hydrogens is 231 g/mol. The molecule has 1 aromatic carbocycles. The van der Waals surface area contributed by atoms with Crippen molar-refractivity contribution >= 4 is 11.6 Å². The van der Waals surface area contributed by atoms with Crippen LogP contribution in [0.4, 0.5) is 4.39 Å². The van der Waals surface area contributed by atoms with E-state index in [9.17, 15) is 4.39 Å². The minimum Gasteiger partial charge on any atom is -0.496 e. The first-order valence-electron chi connectivity index (χ1n) is 5.31. The average Bonchev–Trinajstić information content (AvgIpc) is 2.81. The van der Waals surface area contributed by atoms with Gasteiger partial charge in [-0.3, -0.25) is 0 Å². The average molecular weight is 245 g/mol. The van der Waals surface area contributed by atoms with Crippen molar-refractivity contribution in [3.05, 3.63) is 29.6 Å². The van der Waals surface area contributed by atoms with Crippen molar-refractivity contribution in [2.45, 2.75) is 24.3 Å². The first-order chi connectivity index (χ1) is 7.72. The van der Waals surface area contributed by atoms with Gasteiger partial charge in [0.25, 0.3) is 0 Å². The van der Waals surface area contributed by atoms with Crippen molar-refractivity contribution in [2.75, 3.05) is 13.7 Å². The van der Waals surface area contributed by atoms with Crippen LogP contribution in [0, 0.1) is 5.82 Å². The summed E-state index contributed by atoms with van der Waals surface area (Å²) in [5, 5.41) is -0.354. The molecule has 2 unspecified atom stereocenters. The molecule has 2 nitrogen and oxygen atoms in total. The van der Waals surface area contributed by atoms with Gasteiger partial charge >= 0.3 is 0 Å². The molecule has 0 N–H and O–H groups in total. The van der Waals surface area contributed by atoms with E-state index >= 15 is 0 Å². The van der Waals surface area contributed by atoms with E-state index in [2.05, 4.69) is 0 Å². The Kier molecular flexibility index (Phi) is 3.66. The third-order valence-corrected chi connectivity index (χ3v) is 3.30. The van der Waals surface area contributed by atoms with Gasteiger partial charge in [-0.1, -0.05) is 0 Å². The Bertz CT molecular complexity index is 364. The molecular formula is C12H14ClFO2. The number of ether oxygens (including phenoxy) is 2. The molecule has 4 heteroatoms. The highest BCUT2D eigenvalue weighted by molar-refractivity contribution is 6.21. The van der Waals surface area contributed by atoms with Crippen LogP contribution in [-0.4, -0.2) is 19.8 Å². The third kappa shape index (κ3) is 2.30. The molecule has 1 saturated heterocycles. The van der Waals surface area contributed by atoms with Crippen LogP contribution in [0.15, 0.2) is 18.2 Å². The van der Waals surface area contributed by atoms with Crippen LogP contribution in [0.2, 0.25) is 0 Å². The molecule has 0 radical (unpaired) electrons. The summed E-state index contributed by atoms with van der Waals surface area (Å²) in [5.74, 6) is 0.302. The Labute approximate surface area is 99.3 Å². The summed E-state index contributed by atoms with van der Waals surface area (Å²) in [6, 6.07) is 4.37. The number of hydrogen-bond donors (Lipinski definition) is 0. The van der Waals surface area contributed by atoms with Crippen LogP contribution in [0.1, 0.15) is 23.8 Å². The molecule has 2 atom stereocenters. The second-order valence-corrected chi connectivity index (χ2v) is 4.31. The lowest BCUT2D eigenvalue weighted by Gasteiger charge is -2.19. The minimum atomic E-state index is -0.354. The topological polar surface area (TPSA) is 18.5 Å². The summed E-state index contributed by atoms with van der Waals surface area (Å²) in [4.78, 5) is 0. The predicted molar refractivity (Wildman–Crippen MR) is 60.5 cm³/mol. The first-order valence-corrected chi connectivity index (χ1v) is 5.75. The molecule has 0 saturated carbocycles. The molecule has 0 spiro atoms. The van der Waals surface area contributed by atoms with Crippen molar-refractivity contribution in [3.8, 4) is 5.75 Å². The molecule has 1 aliphatic heterocycles. The lowest BCUT2D eigenvalue weighted by molar-refractivity contribution is 0.107. The zero-order chi connectivity index (χ0) is 11.5. The van der Waals surface area contributed by atoms with E-state index in [1.807, 2.05) is 0 Å². The maximum atomic E-state index is 13.2. The lowest BCUT2D eigenvalue weighted by atomic mass is 10.0. The molecule has 88 valence electrons. The summed E-state index contributed by atoms with van der Waals surface area (Å²) in [7, 11) is 1.55. The molecule has 0 bridgehead atoms. The Morgan fingerprint density at radius 2 is 2.38 bits per heavy atom. The standard InChI is InChI=1S/C12H14ClFO2/c1-15-10-5-4-8(14)7-9(10)12(13)11-3-2-6-16-11/h4-5,7,11-12H,2-3,6H2,1H3. The second-order valence-electron chi connectivity index (χ2n) is 3.84. The maximum absolute atomic E-state index is 13.2. The molecule has 0 aromatic heterocycles. The summed E-state index contributed by atoms with van der Waals surface area (Å²) >= 11 is 6.30. The molecule has 2 rings (SSSR count). The van der Waals surface area contributed by atoms with E-state index in [1.54, 1.807) is 13.2 Å². The molecule has 16 heavy (non-hydrogen) atoms. The van der Waals surface area contributed by atoms with Crippen LogP contribution in [0.3, 0.4) is 0 Å². The Morgan fingerprint density at radius 1 is 1.56 bits per heavy atom. The number of rotatable bonds is 3. The van der Waals surface area contributed by atoms with Gasteiger partial charge in [0, 0.05) is 12.2 Å². The molecule has 0 aliphatic carbocycles. The summed E-state index contributed by atoms with van der Waals surface area (Å²) in [6.07, 6.45) is 1.87. The molecule has 1 aliphatic rings. The monoisotopic (exact) mass is 244 g/mol. The molecule has 0 amide bonds. The lowest BCUT2D eigenvalue weighted by Crippen LogP contribution is -2.13. The van der Waals surface area contributed by atoms with E-state index < -0.39 is 0 Å². The van der Waals surface area contributed by atoms with Gasteiger partial charge in [-0.15, -0.1) is 11.6 Å². The number of alkyl halides is 1. The Morgan fingerprint density at radius 3 is 3.00 bits per heavy atom. The molecule has 1 aromatic rings. The van der Waals surface area contributed by atoms with E-state index in [4.69, 9.17) is 21.1 Å². The number of halogens is 2. The van der Waals surface area contributed by atoms with Crippen LogP contribution >= 0.6 is 11.6 Å². The largest absolute Gasteiger partial charge is 0.496 e. The van der Waals surface area contributed by atoms with Gasteiger partial charge in [0.2, 0.25) is 0 Å². The summed E-state index contributed by atoms with van der Waals surface area (Å²) < 4.78 is 23.8. The van der Waals surface area contributed by atoms with Crippen molar-refractivity contribution < 1.29 is 13.9 Å². The van der Waals surface area contributed by atoms with Crippen LogP contribution < -0.4 is 4.74 Å². The van der Waals surface area contributed by atoms with E-state index in [1.165, 1.54) is 12.1 Å². The maximum Gasteiger partial charge on any atom is 0.123 e. The van der Waals surface area contributed by atoms with E-state index in [0.29, 0.717) is 11.3 Å². The highest BCUT2D eigenvalue weighted by Gasteiger charge is 2.27. The number of hydrogen-bond acceptors (Lipinski definition) is 2. The van der Waals surface area contributed by atoms with E-state index in [0.717, 1.165) is 19.4 Å². The second kappa shape index (κ2) is 5.02. The molecule has 1 fully saturated rings. The third-order valence-electron chi connectivity index (χ3n) is 2.78. The zero-order valence-electron chi connectivity index (χ0n) is 9.08. The number of methoxy groups -OCH3 is 1. The Balaban J connectivity index is 2.26. The quantitative estimate of drug-likeness (QED) is 0.760. The summed E-state index contributed by atoms with van der Waals surface area (Å²) in [5.41, 5.74) is 0.663. The van der Waals surface area contributed by atoms with Gasteiger partial charge in [-0.25, -0.2) is 4.39 Å². The normalized spacial score (nSPS) is 22.1. The van der Waals surface area contributed by atoms with Crippen LogP contribution in [-0.2, 0) is 4.74 Å². The van der Waals surface area contributed by atoms with Gasteiger partial charge in [0.1, 0.15) is 11.6 Å². The summed E-state index contributed by atoms with van der Waals surface area (Å²) in [6.45, 7) is 0.728. The smallest absolute Gasteiger partial charge is 0.123 e. The van der Waals surface area contributed by atoms with Gasteiger partial charge < -0.3 is 9.47 Å².